The average Bonchev–Trinajstić information content (AvgIpc) is 3.61. The molecule has 40 heavy (non-hydrogen) atoms. The molecule has 2 aromatic heterocycles. The number of carbonyl (C=O) groups excluding carboxylic acids is 2. The number of carbonyl (C=O) groups is 2. The molecule has 5 rings (SSSR count). The molecule has 3 N–H and O–H groups in total. The van der Waals surface area contributed by atoms with Gasteiger partial charge in [-0.15, -0.1) is 0 Å². The topological polar surface area (TPSA) is 108 Å². The van der Waals surface area contributed by atoms with Gasteiger partial charge in [0.25, 0.3) is 5.91 Å². The van der Waals surface area contributed by atoms with Gasteiger partial charge in [-0.3, -0.25) is 9.59 Å². The first kappa shape index (κ1) is 27.4. The number of ether oxygens (including phenoxy) is 1. The maximum absolute atomic E-state index is 13.4. The molecule has 0 bridgehead atoms. The molecule has 0 aliphatic carbocycles. The van der Waals surface area contributed by atoms with Crippen LogP contribution in [0, 0.1) is 5.41 Å². The zero-order valence-electron chi connectivity index (χ0n) is 20.9. The summed E-state index contributed by atoms with van der Waals surface area (Å²) in [6.45, 7) is 0.580. The number of anilines is 2. The van der Waals surface area contributed by atoms with Gasteiger partial charge in [-0.2, -0.15) is 13.2 Å². The number of halogens is 4. The highest BCUT2D eigenvalue weighted by Gasteiger charge is 2.41. The molecule has 0 saturated carbocycles. The molecule has 12 heteroatoms. The van der Waals surface area contributed by atoms with E-state index in [0.29, 0.717) is 29.9 Å². The lowest BCUT2D eigenvalue weighted by Crippen LogP contribution is -2.42. The number of fused-ring (bicyclic) bond motifs is 1. The lowest BCUT2D eigenvalue weighted by Gasteiger charge is -2.21. The summed E-state index contributed by atoms with van der Waals surface area (Å²) in [5, 5.41) is 6.37. The Bertz CT molecular complexity index is 1580. The smallest absolute Gasteiger partial charge is 0.380 e. The minimum absolute atomic E-state index is 0.0148. The Kier molecular flexibility index (Phi) is 7.59. The molecular formula is C28H23ClF3N5O3. The van der Waals surface area contributed by atoms with Crippen molar-refractivity contribution < 1.29 is 27.5 Å². The van der Waals surface area contributed by atoms with Crippen molar-refractivity contribution in [3.05, 3.63) is 88.7 Å². The molecule has 2 amide bonds. The third-order valence-corrected chi connectivity index (χ3v) is 6.79. The van der Waals surface area contributed by atoms with E-state index >= 15 is 0 Å². The molecule has 1 fully saturated rings. The summed E-state index contributed by atoms with van der Waals surface area (Å²) in [6.07, 6.45) is 0.272. The van der Waals surface area contributed by atoms with Gasteiger partial charge in [-0.25, -0.2) is 9.98 Å². The van der Waals surface area contributed by atoms with Crippen LogP contribution in [-0.4, -0.2) is 41.2 Å². The van der Waals surface area contributed by atoms with Crippen LogP contribution in [0.4, 0.5) is 24.5 Å². The number of H-pyrrole nitrogens is 1. The third kappa shape index (κ3) is 6.00. The van der Waals surface area contributed by atoms with Crippen LogP contribution < -0.4 is 10.6 Å². The van der Waals surface area contributed by atoms with E-state index in [0.717, 1.165) is 17.0 Å². The van der Waals surface area contributed by atoms with E-state index in [-0.39, 0.29) is 29.8 Å². The van der Waals surface area contributed by atoms with Crippen molar-refractivity contribution in [2.24, 2.45) is 10.4 Å². The number of nitrogens with one attached hydrogen (secondary N) is 3. The summed E-state index contributed by atoms with van der Waals surface area (Å²) in [5.74, 6) is -0.869. The molecule has 0 unspecified atom stereocenters. The van der Waals surface area contributed by atoms with Crippen LogP contribution in [0.5, 0.6) is 0 Å². The monoisotopic (exact) mass is 569 g/mol. The normalized spacial score (nSPS) is 17.4. The van der Waals surface area contributed by atoms with E-state index in [1.54, 1.807) is 42.6 Å². The van der Waals surface area contributed by atoms with Crippen LogP contribution in [0.3, 0.4) is 0 Å². The maximum atomic E-state index is 13.4. The number of alkyl halides is 3. The predicted octanol–water partition coefficient (Wildman–Crippen LogP) is 5.91. The van der Waals surface area contributed by atoms with E-state index in [9.17, 15) is 22.8 Å². The standard InChI is InChI=1S/C28H23ClF3N5O3/c29-20-3-6-23(22(12-20)28(30,31)32)37-21-4-1-17(2-5-21)13-35-26(39)27(8-10-40-16-27)15-36-25(38)19-11-18-7-9-33-24(18)34-14-19/h1-7,9,11-12,14-15,37H,8,10,13,16H2,(H,33,34)(H,35,39)/t27-/m0/s1. The van der Waals surface area contributed by atoms with Gasteiger partial charge in [0.2, 0.25) is 5.91 Å². The number of pyridine rings is 1. The summed E-state index contributed by atoms with van der Waals surface area (Å²) in [5.41, 5.74) is -0.000205. The molecule has 8 nitrogen and oxygen atoms in total. The van der Waals surface area contributed by atoms with Crippen molar-refractivity contribution in [1.82, 2.24) is 15.3 Å². The second-order valence-corrected chi connectivity index (χ2v) is 9.79. The predicted molar refractivity (Wildman–Crippen MR) is 145 cm³/mol. The van der Waals surface area contributed by atoms with Crippen LogP contribution in [-0.2, 0) is 22.3 Å². The van der Waals surface area contributed by atoms with E-state index in [1.165, 1.54) is 24.5 Å². The van der Waals surface area contributed by atoms with Crippen LogP contribution in [0.15, 0.2) is 72.0 Å². The number of hydrogen-bond acceptors (Lipinski definition) is 5. The van der Waals surface area contributed by atoms with Crippen molar-refractivity contribution >= 4 is 52.0 Å². The van der Waals surface area contributed by atoms with Gasteiger partial charge < -0.3 is 20.4 Å². The number of aromatic nitrogens is 2. The molecule has 1 saturated heterocycles. The van der Waals surface area contributed by atoms with Gasteiger partial charge >= 0.3 is 6.18 Å². The molecule has 2 aromatic carbocycles. The highest BCUT2D eigenvalue weighted by Crippen LogP contribution is 2.37. The van der Waals surface area contributed by atoms with Crippen LogP contribution >= 0.6 is 11.6 Å². The Labute approximate surface area is 231 Å². The SMILES string of the molecule is O=C(N=C[C@@]1(C(=O)NCc2ccc(Nc3ccc(Cl)cc3C(F)(F)F)cc2)CCOC1)c1cnc2[nH]ccc2c1. The van der Waals surface area contributed by atoms with E-state index < -0.39 is 23.1 Å². The highest BCUT2D eigenvalue weighted by molar-refractivity contribution is 6.30. The maximum Gasteiger partial charge on any atom is 0.418 e. The molecule has 0 radical (unpaired) electrons. The lowest BCUT2D eigenvalue weighted by molar-refractivity contribution is -0.137. The van der Waals surface area contributed by atoms with Gasteiger partial charge in [0.15, 0.2) is 0 Å². The Morgan fingerprint density at radius 1 is 1.15 bits per heavy atom. The first-order valence-corrected chi connectivity index (χ1v) is 12.6. The molecule has 0 spiro atoms. The Balaban J connectivity index is 1.23. The zero-order chi connectivity index (χ0) is 28.3. The van der Waals surface area contributed by atoms with E-state index in [2.05, 4.69) is 25.6 Å². The van der Waals surface area contributed by atoms with Crippen LogP contribution in [0.25, 0.3) is 11.0 Å². The van der Waals surface area contributed by atoms with Crippen LogP contribution in [0.1, 0.15) is 27.9 Å². The number of nitrogens with zero attached hydrogens (tertiary/aromatic N) is 2. The van der Waals surface area contributed by atoms with Crippen molar-refractivity contribution in [2.75, 3.05) is 18.5 Å². The Hall–Kier alpha value is -4.22. The summed E-state index contributed by atoms with van der Waals surface area (Å²) in [4.78, 5) is 37.0. The van der Waals surface area contributed by atoms with Gasteiger partial charge in [-0.1, -0.05) is 23.7 Å². The number of aliphatic imine (C=N–C) groups is 1. The summed E-state index contributed by atoms with van der Waals surface area (Å²) >= 11 is 5.74. The number of aromatic amines is 1. The fourth-order valence-electron chi connectivity index (χ4n) is 4.31. The fourth-order valence-corrected chi connectivity index (χ4v) is 4.49. The highest BCUT2D eigenvalue weighted by atomic mass is 35.5. The first-order valence-electron chi connectivity index (χ1n) is 12.2. The molecular weight excluding hydrogens is 547 g/mol. The van der Waals surface area contributed by atoms with E-state index in [1.807, 2.05) is 0 Å². The summed E-state index contributed by atoms with van der Waals surface area (Å²) in [7, 11) is 0. The van der Waals surface area contributed by atoms with Gasteiger partial charge in [-0.05, 0) is 54.4 Å². The average molecular weight is 570 g/mol. The summed E-state index contributed by atoms with van der Waals surface area (Å²) < 4.78 is 45.6. The molecule has 1 aliphatic rings. The lowest BCUT2D eigenvalue weighted by atomic mass is 9.87. The van der Waals surface area contributed by atoms with Crippen molar-refractivity contribution in [2.45, 2.75) is 19.1 Å². The van der Waals surface area contributed by atoms with Crippen LogP contribution in [0.2, 0.25) is 5.02 Å². The quantitative estimate of drug-likeness (QED) is 0.240. The fraction of sp³-hybridized carbons (Fsp3) is 0.214. The molecule has 4 aromatic rings. The Morgan fingerprint density at radius 3 is 2.67 bits per heavy atom. The van der Waals surface area contributed by atoms with Gasteiger partial charge in [0, 0.05) is 47.9 Å². The van der Waals surface area contributed by atoms with Crippen molar-refractivity contribution in [3.8, 4) is 0 Å². The second-order valence-electron chi connectivity index (χ2n) is 9.35. The number of hydrogen-bond donors (Lipinski definition) is 3. The molecule has 1 aliphatic heterocycles. The largest absolute Gasteiger partial charge is 0.418 e. The third-order valence-electron chi connectivity index (χ3n) is 6.55. The first-order chi connectivity index (χ1) is 19.1. The minimum Gasteiger partial charge on any atom is -0.380 e. The number of rotatable bonds is 7. The van der Waals surface area contributed by atoms with E-state index in [4.69, 9.17) is 16.3 Å². The molecule has 1 atom stereocenters. The summed E-state index contributed by atoms with van der Waals surface area (Å²) in [6, 6.07) is 13.6. The molecule has 3 heterocycles. The zero-order valence-corrected chi connectivity index (χ0v) is 21.6. The number of amides is 2. The Morgan fingerprint density at radius 2 is 1.95 bits per heavy atom. The minimum atomic E-state index is -4.57. The van der Waals surface area contributed by atoms with Crippen molar-refractivity contribution in [1.29, 1.82) is 0 Å². The molecule has 206 valence electrons. The number of benzene rings is 2. The van der Waals surface area contributed by atoms with Gasteiger partial charge in [0.1, 0.15) is 11.1 Å². The van der Waals surface area contributed by atoms with Crippen molar-refractivity contribution in [3.63, 3.8) is 0 Å². The van der Waals surface area contributed by atoms with Gasteiger partial charge in [0.05, 0.1) is 23.4 Å². The second kappa shape index (κ2) is 11.1.